The van der Waals surface area contributed by atoms with Gasteiger partial charge in [-0.2, -0.15) is 0 Å². The highest BCUT2D eigenvalue weighted by Crippen LogP contribution is 2.43. The van der Waals surface area contributed by atoms with Gasteiger partial charge in [0.2, 0.25) is 11.8 Å². The topological polar surface area (TPSA) is 70.7 Å². The number of rotatable bonds is 5. The molecule has 2 N–H and O–H groups in total. The fraction of sp³-hybridized carbons (Fsp3) is 0.926. The van der Waals surface area contributed by atoms with Crippen molar-refractivity contribution in [2.45, 2.75) is 116 Å². The van der Waals surface area contributed by atoms with Gasteiger partial charge >= 0.3 is 0 Å². The first-order chi connectivity index (χ1) is 15.7. The van der Waals surface area contributed by atoms with E-state index < -0.39 is 0 Å². The molecule has 4 aliphatic rings. The highest BCUT2D eigenvalue weighted by Gasteiger charge is 2.47. The normalized spacial score (nSPS) is 42.2. The van der Waals surface area contributed by atoms with Crippen molar-refractivity contribution < 1.29 is 14.3 Å². The Balaban J connectivity index is 1.36. The number of fused-ring (bicyclic) bond motifs is 1. The molecule has 0 aromatic heterocycles. The molecular weight excluding hydrogens is 414 g/mol. The van der Waals surface area contributed by atoms with Crippen LogP contribution in [0.15, 0.2) is 0 Å². The molecule has 0 spiro atoms. The Bertz CT molecular complexity index is 698. The van der Waals surface area contributed by atoms with E-state index in [2.05, 4.69) is 43.2 Å². The summed E-state index contributed by atoms with van der Waals surface area (Å²) < 4.78 is 6.02. The zero-order valence-electron chi connectivity index (χ0n) is 21.5. The number of ether oxygens (including phenoxy) is 1. The van der Waals surface area contributed by atoms with Crippen molar-refractivity contribution in [3.05, 3.63) is 0 Å². The van der Waals surface area contributed by atoms with Gasteiger partial charge in [0.25, 0.3) is 0 Å². The van der Waals surface area contributed by atoms with E-state index in [0.717, 1.165) is 64.3 Å². The summed E-state index contributed by atoms with van der Waals surface area (Å²) in [6, 6.07) is 1.06. The minimum absolute atomic E-state index is 0.0683. The van der Waals surface area contributed by atoms with Crippen molar-refractivity contribution in [3.63, 3.8) is 0 Å². The lowest BCUT2D eigenvalue weighted by Gasteiger charge is -2.50. The monoisotopic (exact) mass is 461 g/mol. The average Bonchev–Trinajstić information content (AvgIpc) is 2.78. The van der Waals surface area contributed by atoms with Gasteiger partial charge in [-0.3, -0.25) is 9.59 Å². The molecule has 6 heteroatoms. The van der Waals surface area contributed by atoms with Gasteiger partial charge in [0.05, 0.1) is 12.2 Å². The molecule has 9 unspecified atom stereocenters. The lowest BCUT2D eigenvalue weighted by Crippen LogP contribution is -2.60. The molecule has 4 rings (SSSR count). The van der Waals surface area contributed by atoms with Crippen LogP contribution in [-0.4, -0.2) is 60.6 Å². The number of hydrogen-bond acceptors (Lipinski definition) is 4. The zero-order chi connectivity index (χ0) is 23.7. The summed E-state index contributed by atoms with van der Waals surface area (Å²) in [5.74, 6) is 2.17. The van der Waals surface area contributed by atoms with Gasteiger partial charge in [-0.1, -0.05) is 13.3 Å². The van der Waals surface area contributed by atoms with Crippen LogP contribution in [0.4, 0.5) is 0 Å². The van der Waals surface area contributed by atoms with Gasteiger partial charge < -0.3 is 20.3 Å². The highest BCUT2D eigenvalue weighted by molar-refractivity contribution is 5.80. The fourth-order valence-corrected chi connectivity index (χ4v) is 7.31. The summed E-state index contributed by atoms with van der Waals surface area (Å²) in [6.07, 6.45) is 9.50. The Morgan fingerprint density at radius 2 is 1.88 bits per heavy atom. The number of amides is 2. The van der Waals surface area contributed by atoms with Crippen molar-refractivity contribution in [1.82, 2.24) is 15.5 Å². The molecule has 0 bridgehead atoms. The summed E-state index contributed by atoms with van der Waals surface area (Å²) in [4.78, 5) is 28.7. The molecule has 0 radical (unpaired) electrons. The van der Waals surface area contributed by atoms with Crippen LogP contribution >= 0.6 is 0 Å². The van der Waals surface area contributed by atoms with Crippen LogP contribution in [0.3, 0.4) is 0 Å². The molecule has 2 aliphatic carbocycles. The minimum Gasteiger partial charge on any atom is -0.376 e. The molecule has 4 fully saturated rings. The molecule has 2 heterocycles. The minimum atomic E-state index is 0.0683. The molecule has 2 saturated heterocycles. The Kier molecular flexibility index (Phi) is 8.05. The Morgan fingerprint density at radius 3 is 2.64 bits per heavy atom. The molecule has 2 amide bonds. The second-order valence-electron chi connectivity index (χ2n) is 12.0. The van der Waals surface area contributed by atoms with E-state index in [1.807, 2.05) is 7.05 Å². The standard InChI is InChI=1S/C27H47N3O3/c1-16(2)33-22-8-6-7-19(12-22)26(31)29-21-10-9-17(3)23(14-21)24-13-20-15-28-18(4)11-25(20)30(5)27(24)32/h16-25,28H,6-15H2,1-5H3,(H,29,31). The maximum Gasteiger partial charge on any atom is 0.225 e. The number of carbonyl (C=O) groups excluding carboxylic acids is 2. The first-order valence-corrected chi connectivity index (χ1v) is 13.7. The average molecular weight is 462 g/mol. The summed E-state index contributed by atoms with van der Waals surface area (Å²) in [5, 5.41) is 7.04. The molecule has 33 heavy (non-hydrogen) atoms. The third kappa shape index (κ3) is 5.75. The van der Waals surface area contributed by atoms with Gasteiger partial charge in [0.1, 0.15) is 0 Å². The van der Waals surface area contributed by atoms with Crippen LogP contribution in [0.25, 0.3) is 0 Å². The van der Waals surface area contributed by atoms with E-state index in [9.17, 15) is 9.59 Å². The van der Waals surface area contributed by atoms with E-state index in [1.54, 1.807) is 0 Å². The number of hydrogen-bond donors (Lipinski definition) is 2. The molecule has 188 valence electrons. The van der Waals surface area contributed by atoms with Crippen molar-refractivity contribution in [2.75, 3.05) is 13.6 Å². The largest absolute Gasteiger partial charge is 0.376 e. The lowest BCUT2D eigenvalue weighted by atomic mass is 9.65. The van der Waals surface area contributed by atoms with Crippen molar-refractivity contribution in [2.24, 2.45) is 29.6 Å². The molecule has 6 nitrogen and oxygen atoms in total. The van der Waals surface area contributed by atoms with Crippen LogP contribution in [-0.2, 0) is 14.3 Å². The van der Waals surface area contributed by atoms with Gasteiger partial charge in [0.15, 0.2) is 0 Å². The number of nitrogens with zero attached hydrogens (tertiary/aromatic N) is 1. The van der Waals surface area contributed by atoms with Crippen LogP contribution in [0.1, 0.15) is 85.5 Å². The van der Waals surface area contributed by atoms with E-state index >= 15 is 0 Å². The second-order valence-corrected chi connectivity index (χ2v) is 12.0. The summed E-state index contributed by atoms with van der Waals surface area (Å²) in [7, 11) is 2.02. The third-order valence-electron chi connectivity index (χ3n) is 9.17. The van der Waals surface area contributed by atoms with E-state index in [1.165, 1.54) is 0 Å². The highest BCUT2D eigenvalue weighted by atomic mass is 16.5. The van der Waals surface area contributed by atoms with Gasteiger partial charge in [0, 0.05) is 43.6 Å². The summed E-state index contributed by atoms with van der Waals surface area (Å²) >= 11 is 0. The van der Waals surface area contributed by atoms with E-state index in [0.29, 0.717) is 35.7 Å². The van der Waals surface area contributed by atoms with Gasteiger partial charge in [-0.25, -0.2) is 0 Å². The molecule has 2 saturated carbocycles. The van der Waals surface area contributed by atoms with Crippen LogP contribution < -0.4 is 10.6 Å². The molecular formula is C27H47N3O3. The van der Waals surface area contributed by atoms with E-state index in [4.69, 9.17) is 4.74 Å². The third-order valence-corrected chi connectivity index (χ3v) is 9.17. The second kappa shape index (κ2) is 10.6. The molecule has 0 aromatic carbocycles. The number of piperidine rings is 2. The van der Waals surface area contributed by atoms with Gasteiger partial charge in [-0.05, 0) is 89.9 Å². The Morgan fingerprint density at radius 1 is 1.09 bits per heavy atom. The molecule has 9 atom stereocenters. The van der Waals surface area contributed by atoms with Gasteiger partial charge in [-0.15, -0.1) is 0 Å². The summed E-state index contributed by atoms with van der Waals surface area (Å²) in [6.45, 7) is 9.70. The van der Waals surface area contributed by atoms with Crippen LogP contribution in [0.5, 0.6) is 0 Å². The van der Waals surface area contributed by atoms with Crippen molar-refractivity contribution in [1.29, 1.82) is 0 Å². The Hall–Kier alpha value is -1.14. The van der Waals surface area contributed by atoms with Crippen molar-refractivity contribution in [3.8, 4) is 0 Å². The molecule has 2 aliphatic heterocycles. The quantitative estimate of drug-likeness (QED) is 0.654. The number of likely N-dealkylation sites (tertiary alicyclic amines) is 1. The van der Waals surface area contributed by atoms with Crippen LogP contribution in [0, 0.1) is 29.6 Å². The first-order valence-electron chi connectivity index (χ1n) is 13.7. The van der Waals surface area contributed by atoms with Crippen LogP contribution in [0.2, 0.25) is 0 Å². The number of nitrogens with one attached hydrogen (secondary N) is 2. The first kappa shape index (κ1) is 25.0. The fourth-order valence-electron chi connectivity index (χ4n) is 7.31. The Labute approximate surface area is 201 Å². The zero-order valence-corrected chi connectivity index (χ0v) is 21.5. The predicted octanol–water partition coefficient (Wildman–Crippen LogP) is 3.74. The number of carbonyl (C=O) groups is 2. The lowest BCUT2D eigenvalue weighted by molar-refractivity contribution is -0.148. The SMILES string of the molecule is CC1CC2C(CN1)CC(C1CC(NC(=O)C3CCCC(OC(C)C)C3)CCC1C)C(=O)N2C. The smallest absolute Gasteiger partial charge is 0.225 e. The molecule has 0 aromatic rings. The maximum absolute atomic E-state index is 13.4. The van der Waals surface area contributed by atoms with E-state index in [-0.39, 0.29) is 36.0 Å². The summed E-state index contributed by atoms with van der Waals surface area (Å²) in [5.41, 5.74) is 0. The van der Waals surface area contributed by atoms with Crippen molar-refractivity contribution >= 4 is 11.8 Å². The predicted molar refractivity (Wildman–Crippen MR) is 131 cm³/mol. The maximum atomic E-state index is 13.4.